The third-order valence-corrected chi connectivity index (χ3v) is 6.73. The van der Waals surface area contributed by atoms with E-state index >= 15 is 0 Å². The number of likely N-dealkylation sites (tertiary alicyclic amines) is 1. The van der Waals surface area contributed by atoms with Crippen molar-refractivity contribution >= 4 is 11.9 Å². The normalized spacial score (nSPS) is 21.9. The van der Waals surface area contributed by atoms with Gasteiger partial charge in [0.1, 0.15) is 0 Å². The summed E-state index contributed by atoms with van der Waals surface area (Å²) in [5, 5.41) is 8.34. The van der Waals surface area contributed by atoms with Crippen LogP contribution in [0.2, 0.25) is 0 Å². The largest absolute Gasteiger partial charge is 0.398 e. The topological polar surface area (TPSA) is 65.5 Å². The van der Waals surface area contributed by atoms with Gasteiger partial charge in [-0.15, -0.1) is 0 Å². The van der Waals surface area contributed by atoms with E-state index in [0.29, 0.717) is 28.4 Å². The van der Waals surface area contributed by atoms with E-state index in [-0.39, 0.29) is 0 Å². The zero-order chi connectivity index (χ0) is 21.7. The molecule has 0 amide bonds. The van der Waals surface area contributed by atoms with Crippen molar-refractivity contribution in [1.29, 1.82) is 5.41 Å². The molecule has 1 heterocycles. The lowest BCUT2D eigenvalue weighted by Gasteiger charge is -2.52. The number of rotatable bonds is 8. The minimum absolute atomic E-state index is 0.332. The van der Waals surface area contributed by atoms with Gasteiger partial charge in [0.05, 0.1) is 0 Å². The number of allylic oxidation sites excluding steroid dienone is 3. The Morgan fingerprint density at radius 2 is 1.83 bits per heavy atom. The SMILES string of the molecule is CN=CC(=C(N)/C=C\C(=N)CC1CC2(CCN(CCC(C)(C)C)CC2)C1)C(C)C. The summed E-state index contributed by atoms with van der Waals surface area (Å²) in [6.45, 7) is 15.0. The summed E-state index contributed by atoms with van der Waals surface area (Å²) in [5.41, 5.74) is 9.68. The van der Waals surface area contributed by atoms with E-state index in [4.69, 9.17) is 11.1 Å². The van der Waals surface area contributed by atoms with Gasteiger partial charge in [-0.2, -0.15) is 0 Å². The van der Waals surface area contributed by atoms with Crippen molar-refractivity contribution in [2.45, 2.75) is 73.1 Å². The summed E-state index contributed by atoms with van der Waals surface area (Å²) in [4.78, 5) is 6.76. The smallest absolute Gasteiger partial charge is 0.0365 e. The van der Waals surface area contributed by atoms with Crippen molar-refractivity contribution in [3.63, 3.8) is 0 Å². The van der Waals surface area contributed by atoms with Gasteiger partial charge in [0.25, 0.3) is 0 Å². The van der Waals surface area contributed by atoms with Crippen molar-refractivity contribution in [2.24, 2.45) is 33.4 Å². The number of nitrogens with zero attached hydrogens (tertiary/aromatic N) is 2. The van der Waals surface area contributed by atoms with E-state index in [0.717, 1.165) is 17.7 Å². The van der Waals surface area contributed by atoms with Crippen LogP contribution in [-0.2, 0) is 0 Å². The molecule has 0 atom stereocenters. The van der Waals surface area contributed by atoms with E-state index in [1.165, 1.54) is 51.7 Å². The second-order valence-electron chi connectivity index (χ2n) is 10.9. The van der Waals surface area contributed by atoms with Gasteiger partial charge < -0.3 is 16.0 Å². The van der Waals surface area contributed by atoms with Crippen molar-refractivity contribution in [2.75, 3.05) is 26.7 Å². The van der Waals surface area contributed by atoms with Gasteiger partial charge in [-0.1, -0.05) is 34.6 Å². The monoisotopic (exact) mass is 400 g/mol. The quantitative estimate of drug-likeness (QED) is 0.420. The molecule has 4 nitrogen and oxygen atoms in total. The van der Waals surface area contributed by atoms with Gasteiger partial charge >= 0.3 is 0 Å². The van der Waals surface area contributed by atoms with Crippen LogP contribution in [0.4, 0.5) is 0 Å². The highest BCUT2D eigenvalue weighted by atomic mass is 15.1. The summed E-state index contributed by atoms with van der Waals surface area (Å²) in [6, 6.07) is 0. The summed E-state index contributed by atoms with van der Waals surface area (Å²) in [5.74, 6) is 1.01. The molecule has 2 aliphatic rings. The van der Waals surface area contributed by atoms with Crippen LogP contribution < -0.4 is 5.73 Å². The minimum Gasteiger partial charge on any atom is -0.398 e. The molecule has 0 radical (unpaired) electrons. The molecule has 164 valence electrons. The number of nitrogens with two attached hydrogens (primary N) is 1. The second-order valence-corrected chi connectivity index (χ2v) is 10.9. The molecule has 3 N–H and O–H groups in total. The molecule has 0 unspecified atom stereocenters. The average molecular weight is 401 g/mol. The molecule has 4 heteroatoms. The van der Waals surface area contributed by atoms with Crippen molar-refractivity contribution in [3.05, 3.63) is 23.4 Å². The molecule has 2 rings (SSSR count). The predicted molar refractivity (Wildman–Crippen MR) is 127 cm³/mol. The molecular weight excluding hydrogens is 356 g/mol. The Bertz CT molecular complexity index is 632. The molecular formula is C25H44N4. The molecule has 1 spiro atoms. The van der Waals surface area contributed by atoms with E-state index in [1.54, 1.807) is 7.05 Å². The van der Waals surface area contributed by atoms with Gasteiger partial charge in [-0.3, -0.25) is 4.99 Å². The lowest BCUT2D eigenvalue weighted by Crippen LogP contribution is -2.47. The fraction of sp³-hybridized carbons (Fsp3) is 0.760. The first kappa shape index (κ1) is 23.9. The molecule has 0 aromatic carbocycles. The van der Waals surface area contributed by atoms with E-state index in [1.807, 2.05) is 18.4 Å². The van der Waals surface area contributed by atoms with E-state index < -0.39 is 0 Å². The first-order valence-electron chi connectivity index (χ1n) is 11.4. The lowest BCUT2D eigenvalue weighted by atomic mass is 9.56. The van der Waals surface area contributed by atoms with Gasteiger partial charge in [-0.05, 0) is 98.6 Å². The van der Waals surface area contributed by atoms with Crippen LogP contribution in [0.5, 0.6) is 0 Å². The summed E-state index contributed by atoms with van der Waals surface area (Å²) in [7, 11) is 1.77. The Hall–Kier alpha value is -1.42. The standard InChI is InChI=1S/C25H44N4/c1-19(2)22(18-28-6)23(27)8-7-21(26)15-20-16-25(17-20)10-13-29(14-11-25)12-9-24(3,4)5/h7-8,18-20,26H,9-17,27H2,1-6H3/b8-7-,23-22?,26-21?,28-18?. The van der Waals surface area contributed by atoms with Gasteiger partial charge in [0, 0.05) is 24.7 Å². The van der Waals surface area contributed by atoms with Crippen molar-refractivity contribution < 1.29 is 0 Å². The summed E-state index contributed by atoms with van der Waals surface area (Å²) < 4.78 is 0. The molecule has 29 heavy (non-hydrogen) atoms. The van der Waals surface area contributed by atoms with Gasteiger partial charge in [-0.25, -0.2) is 0 Å². The van der Waals surface area contributed by atoms with Crippen LogP contribution in [0, 0.1) is 28.1 Å². The Balaban J connectivity index is 1.75. The van der Waals surface area contributed by atoms with E-state index in [2.05, 4.69) is 44.5 Å². The maximum atomic E-state index is 8.34. The van der Waals surface area contributed by atoms with Gasteiger partial charge in [0.2, 0.25) is 0 Å². The molecule has 0 aromatic heterocycles. The molecule has 1 saturated heterocycles. The average Bonchev–Trinajstić information content (AvgIpc) is 2.61. The highest BCUT2D eigenvalue weighted by molar-refractivity contribution is 5.93. The third kappa shape index (κ3) is 7.40. The fourth-order valence-electron chi connectivity index (χ4n) is 4.82. The Morgan fingerprint density at radius 1 is 1.21 bits per heavy atom. The molecule has 1 saturated carbocycles. The van der Waals surface area contributed by atoms with Crippen LogP contribution in [0.15, 0.2) is 28.4 Å². The summed E-state index contributed by atoms with van der Waals surface area (Å²) >= 11 is 0. The van der Waals surface area contributed by atoms with Crippen molar-refractivity contribution in [1.82, 2.24) is 4.90 Å². The van der Waals surface area contributed by atoms with Crippen LogP contribution in [0.1, 0.15) is 73.1 Å². The van der Waals surface area contributed by atoms with Crippen LogP contribution in [0.25, 0.3) is 0 Å². The fourth-order valence-corrected chi connectivity index (χ4v) is 4.82. The number of nitrogens with one attached hydrogen (secondary N) is 1. The molecule has 0 aromatic rings. The second kappa shape index (κ2) is 10.1. The highest BCUT2D eigenvalue weighted by Crippen LogP contribution is 2.53. The van der Waals surface area contributed by atoms with Crippen LogP contribution >= 0.6 is 0 Å². The Labute approximate surface area is 179 Å². The first-order chi connectivity index (χ1) is 13.5. The van der Waals surface area contributed by atoms with Crippen LogP contribution in [-0.4, -0.2) is 43.5 Å². The molecule has 0 bridgehead atoms. The zero-order valence-corrected chi connectivity index (χ0v) is 19.7. The molecule has 1 aliphatic carbocycles. The Morgan fingerprint density at radius 3 is 2.34 bits per heavy atom. The molecule has 1 aliphatic heterocycles. The van der Waals surface area contributed by atoms with Gasteiger partial charge in [0.15, 0.2) is 0 Å². The number of piperidine rings is 1. The maximum absolute atomic E-state index is 8.34. The predicted octanol–water partition coefficient (Wildman–Crippen LogP) is 5.45. The zero-order valence-electron chi connectivity index (χ0n) is 19.7. The summed E-state index contributed by atoms with van der Waals surface area (Å²) in [6.07, 6.45) is 13.1. The first-order valence-corrected chi connectivity index (χ1v) is 11.4. The molecule has 2 fully saturated rings. The maximum Gasteiger partial charge on any atom is 0.0365 e. The van der Waals surface area contributed by atoms with E-state index in [9.17, 15) is 0 Å². The number of hydrogen-bond donors (Lipinski definition) is 2. The van der Waals surface area contributed by atoms with Crippen LogP contribution in [0.3, 0.4) is 0 Å². The van der Waals surface area contributed by atoms with Crippen molar-refractivity contribution in [3.8, 4) is 0 Å². The number of hydrogen-bond acceptors (Lipinski definition) is 4. The third-order valence-electron chi connectivity index (χ3n) is 6.73. The highest BCUT2D eigenvalue weighted by Gasteiger charge is 2.45. The minimum atomic E-state index is 0.332. The Kier molecular flexibility index (Phi) is 8.28. The lowest BCUT2D eigenvalue weighted by molar-refractivity contribution is -0.0120. The number of aliphatic imine (C=N–C) groups is 1.